The van der Waals surface area contributed by atoms with Gasteiger partial charge in [0.25, 0.3) is 0 Å². The summed E-state index contributed by atoms with van der Waals surface area (Å²) < 4.78 is 13.6. The van der Waals surface area contributed by atoms with E-state index in [9.17, 15) is 4.39 Å². The quantitative estimate of drug-likeness (QED) is 0.872. The number of nitrogens with zero attached hydrogens (tertiary/aromatic N) is 2. The van der Waals surface area contributed by atoms with Crippen LogP contribution in [0, 0.1) is 24.1 Å². The number of anilines is 1. The summed E-state index contributed by atoms with van der Waals surface area (Å²) in [5.74, 6) is -0.315. The van der Waals surface area contributed by atoms with E-state index in [1.54, 1.807) is 13.0 Å². The van der Waals surface area contributed by atoms with Crippen LogP contribution < -0.4 is 5.32 Å². The molecule has 0 radical (unpaired) electrons. The number of rotatable bonds is 2. The Balaban J connectivity index is 2.14. The molecule has 4 heteroatoms. The summed E-state index contributed by atoms with van der Waals surface area (Å²) in [4.78, 5) is 2.29. The lowest BCUT2D eigenvalue weighted by atomic mass is 10.0. The first kappa shape index (κ1) is 12.8. The molecule has 1 fully saturated rings. The summed E-state index contributed by atoms with van der Waals surface area (Å²) >= 11 is 0. The van der Waals surface area contributed by atoms with Crippen molar-refractivity contribution in [2.24, 2.45) is 0 Å². The fourth-order valence-corrected chi connectivity index (χ4v) is 2.27. The number of nitrogens with one attached hydrogen (secondary N) is 1. The number of piperidine rings is 1. The van der Waals surface area contributed by atoms with E-state index in [1.807, 2.05) is 6.07 Å². The second-order valence-electron chi connectivity index (χ2n) is 4.96. The first-order chi connectivity index (χ1) is 8.60. The van der Waals surface area contributed by atoms with Crippen molar-refractivity contribution in [3.63, 3.8) is 0 Å². The summed E-state index contributed by atoms with van der Waals surface area (Å²) in [6, 6.07) is 5.38. The third-order valence-electron chi connectivity index (χ3n) is 3.55. The number of hydrogen-bond acceptors (Lipinski definition) is 3. The molecular formula is C14H18FN3. The van der Waals surface area contributed by atoms with Gasteiger partial charge >= 0.3 is 0 Å². The molecule has 0 spiro atoms. The Hall–Kier alpha value is -1.60. The molecule has 2 rings (SSSR count). The third kappa shape index (κ3) is 2.80. The van der Waals surface area contributed by atoms with Crippen LogP contribution >= 0.6 is 0 Å². The van der Waals surface area contributed by atoms with Gasteiger partial charge in [-0.05, 0) is 52.0 Å². The second kappa shape index (κ2) is 5.36. The van der Waals surface area contributed by atoms with Gasteiger partial charge in [0.1, 0.15) is 5.82 Å². The lowest BCUT2D eigenvalue weighted by Gasteiger charge is -2.30. The molecule has 1 aliphatic heterocycles. The van der Waals surface area contributed by atoms with Crippen molar-refractivity contribution >= 4 is 5.69 Å². The van der Waals surface area contributed by atoms with Crippen LogP contribution in [0.2, 0.25) is 0 Å². The van der Waals surface area contributed by atoms with Gasteiger partial charge in [0, 0.05) is 17.3 Å². The lowest BCUT2D eigenvalue weighted by molar-refractivity contribution is 0.264. The molecule has 1 saturated heterocycles. The van der Waals surface area contributed by atoms with Gasteiger partial charge in [-0.15, -0.1) is 0 Å². The molecule has 0 unspecified atom stereocenters. The minimum absolute atomic E-state index is 0.315. The fourth-order valence-electron chi connectivity index (χ4n) is 2.27. The zero-order chi connectivity index (χ0) is 13.1. The molecule has 18 heavy (non-hydrogen) atoms. The predicted octanol–water partition coefficient (Wildman–Crippen LogP) is 2.51. The minimum atomic E-state index is -0.315. The van der Waals surface area contributed by atoms with Gasteiger partial charge in [0.2, 0.25) is 0 Å². The third-order valence-corrected chi connectivity index (χ3v) is 3.55. The Morgan fingerprint density at radius 3 is 2.67 bits per heavy atom. The Morgan fingerprint density at radius 1 is 1.39 bits per heavy atom. The van der Waals surface area contributed by atoms with Gasteiger partial charge in [0.05, 0.1) is 11.6 Å². The molecule has 96 valence electrons. The van der Waals surface area contributed by atoms with E-state index in [1.165, 1.54) is 6.07 Å². The van der Waals surface area contributed by atoms with Crippen LogP contribution in [-0.2, 0) is 0 Å². The van der Waals surface area contributed by atoms with Crippen LogP contribution in [0.5, 0.6) is 0 Å². The maximum absolute atomic E-state index is 13.6. The van der Waals surface area contributed by atoms with Gasteiger partial charge < -0.3 is 10.2 Å². The van der Waals surface area contributed by atoms with Gasteiger partial charge in [-0.2, -0.15) is 5.26 Å². The van der Waals surface area contributed by atoms with Crippen LogP contribution in [0.1, 0.15) is 24.0 Å². The highest BCUT2D eigenvalue weighted by Gasteiger charge is 2.17. The van der Waals surface area contributed by atoms with Crippen molar-refractivity contribution in [1.29, 1.82) is 5.26 Å². The van der Waals surface area contributed by atoms with Gasteiger partial charge in [-0.1, -0.05) is 0 Å². The average molecular weight is 247 g/mol. The molecule has 0 atom stereocenters. The van der Waals surface area contributed by atoms with E-state index in [0.29, 0.717) is 17.2 Å². The summed E-state index contributed by atoms with van der Waals surface area (Å²) in [5, 5.41) is 12.2. The summed E-state index contributed by atoms with van der Waals surface area (Å²) in [5.41, 5.74) is 1.71. The fraction of sp³-hybridized carbons (Fsp3) is 0.500. The van der Waals surface area contributed by atoms with Crippen molar-refractivity contribution in [3.8, 4) is 6.07 Å². The lowest BCUT2D eigenvalue weighted by Crippen LogP contribution is -2.36. The van der Waals surface area contributed by atoms with Crippen molar-refractivity contribution in [2.45, 2.75) is 25.8 Å². The molecule has 1 aromatic rings. The average Bonchev–Trinajstić information content (AvgIpc) is 2.37. The molecular weight excluding hydrogens is 229 g/mol. The minimum Gasteiger partial charge on any atom is -0.382 e. The number of likely N-dealkylation sites (tertiary alicyclic amines) is 1. The number of nitriles is 1. The number of halogens is 1. The monoisotopic (exact) mass is 247 g/mol. The van der Waals surface area contributed by atoms with Crippen molar-refractivity contribution < 1.29 is 4.39 Å². The van der Waals surface area contributed by atoms with Crippen LogP contribution in [-0.4, -0.2) is 31.1 Å². The Kier molecular flexibility index (Phi) is 3.83. The van der Waals surface area contributed by atoms with Crippen molar-refractivity contribution in [2.75, 3.05) is 25.5 Å². The molecule has 0 saturated carbocycles. The maximum atomic E-state index is 13.6. The van der Waals surface area contributed by atoms with Crippen LogP contribution in [0.15, 0.2) is 12.1 Å². The van der Waals surface area contributed by atoms with E-state index < -0.39 is 0 Å². The molecule has 3 nitrogen and oxygen atoms in total. The maximum Gasteiger partial charge on any atom is 0.129 e. The Labute approximate surface area is 107 Å². The zero-order valence-corrected chi connectivity index (χ0v) is 10.8. The predicted molar refractivity (Wildman–Crippen MR) is 70.0 cm³/mol. The highest BCUT2D eigenvalue weighted by molar-refractivity contribution is 5.56. The molecule has 1 heterocycles. The summed E-state index contributed by atoms with van der Waals surface area (Å²) in [7, 11) is 2.11. The second-order valence-corrected chi connectivity index (χ2v) is 4.96. The Morgan fingerprint density at radius 2 is 2.06 bits per heavy atom. The molecule has 0 bridgehead atoms. The topological polar surface area (TPSA) is 39.1 Å². The van der Waals surface area contributed by atoms with Crippen molar-refractivity contribution in [1.82, 2.24) is 4.90 Å². The molecule has 0 aliphatic carbocycles. The van der Waals surface area contributed by atoms with E-state index in [0.717, 1.165) is 31.6 Å². The smallest absolute Gasteiger partial charge is 0.129 e. The summed E-state index contributed by atoms with van der Waals surface area (Å²) in [6.45, 7) is 3.85. The standard InChI is InChI=1S/C14H18FN3/c1-10-13(15)7-11(9-16)8-14(10)17-12-3-5-18(2)6-4-12/h7-8,12,17H,3-6H2,1-2H3. The van der Waals surface area contributed by atoms with Crippen LogP contribution in [0.3, 0.4) is 0 Å². The van der Waals surface area contributed by atoms with E-state index in [-0.39, 0.29) is 5.82 Å². The van der Waals surface area contributed by atoms with E-state index in [2.05, 4.69) is 17.3 Å². The number of hydrogen-bond donors (Lipinski definition) is 1. The largest absolute Gasteiger partial charge is 0.382 e. The van der Waals surface area contributed by atoms with Gasteiger partial charge in [-0.25, -0.2) is 4.39 Å². The molecule has 1 N–H and O–H groups in total. The van der Waals surface area contributed by atoms with Gasteiger partial charge in [0.15, 0.2) is 0 Å². The van der Waals surface area contributed by atoms with E-state index >= 15 is 0 Å². The van der Waals surface area contributed by atoms with Crippen LogP contribution in [0.4, 0.5) is 10.1 Å². The SMILES string of the molecule is Cc1c(F)cc(C#N)cc1NC1CCN(C)CC1. The van der Waals surface area contributed by atoms with E-state index in [4.69, 9.17) is 5.26 Å². The highest BCUT2D eigenvalue weighted by Crippen LogP contribution is 2.23. The zero-order valence-electron chi connectivity index (χ0n) is 10.8. The van der Waals surface area contributed by atoms with Crippen molar-refractivity contribution in [3.05, 3.63) is 29.1 Å². The molecule has 0 aromatic heterocycles. The Bertz CT molecular complexity index is 471. The van der Waals surface area contributed by atoms with Crippen LogP contribution in [0.25, 0.3) is 0 Å². The first-order valence-corrected chi connectivity index (χ1v) is 6.25. The number of benzene rings is 1. The van der Waals surface area contributed by atoms with Gasteiger partial charge in [-0.3, -0.25) is 0 Å². The first-order valence-electron chi connectivity index (χ1n) is 6.25. The molecule has 0 amide bonds. The highest BCUT2D eigenvalue weighted by atomic mass is 19.1. The summed E-state index contributed by atoms with van der Waals surface area (Å²) in [6.07, 6.45) is 2.10. The normalized spacial score (nSPS) is 17.4. The molecule has 1 aromatic carbocycles. The molecule has 1 aliphatic rings.